The molecule has 0 saturated heterocycles. The van der Waals surface area contributed by atoms with Gasteiger partial charge in [-0.05, 0) is 30.6 Å². The number of aliphatic imine (C=N–C) groups is 1. The first-order chi connectivity index (χ1) is 11.0. The van der Waals surface area contributed by atoms with E-state index in [4.69, 9.17) is 14.8 Å². The molecule has 1 aromatic rings. The highest BCUT2D eigenvalue weighted by atomic mass is 16.5. The van der Waals surface area contributed by atoms with Crippen molar-refractivity contribution < 1.29 is 9.84 Å². The van der Waals surface area contributed by atoms with Crippen molar-refractivity contribution in [3.05, 3.63) is 11.9 Å². The molecule has 2 aliphatic rings. The lowest BCUT2D eigenvalue weighted by atomic mass is 9.70. The zero-order valence-electron chi connectivity index (χ0n) is 14.5. The van der Waals surface area contributed by atoms with Crippen LogP contribution in [0.4, 0.5) is 0 Å². The van der Waals surface area contributed by atoms with E-state index in [-0.39, 0.29) is 12.0 Å². The van der Waals surface area contributed by atoms with Crippen molar-refractivity contribution >= 4 is 5.71 Å². The number of hydrogen-bond acceptors (Lipinski definition) is 5. The quantitative estimate of drug-likeness (QED) is 0.781. The van der Waals surface area contributed by atoms with Crippen molar-refractivity contribution in [1.82, 2.24) is 15.0 Å². The Morgan fingerprint density at radius 2 is 2.26 bits per heavy atom. The molecule has 0 unspecified atom stereocenters. The Morgan fingerprint density at radius 1 is 1.43 bits per heavy atom. The Bertz CT molecular complexity index is 581. The largest absolute Gasteiger partial charge is 0.394 e. The van der Waals surface area contributed by atoms with Gasteiger partial charge in [0, 0.05) is 11.1 Å². The molecule has 0 spiro atoms. The molecule has 0 amide bonds. The van der Waals surface area contributed by atoms with E-state index in [9.17, 15) is 0 Å². The highest BCUT2D eigenvalue weighted by Gasteiger charge is 2.59. The van der Waals surface area contributed by atoms with Crippen molar-refractivity contribution in [3.63, 3.8) is 0 Å². The molecule has 0 radical (unpaired) electrons. The van der Waals surface area contributed by atoms with Crippen LogP contribution in [0.15, 0.2) is 11.2 Å². The number of aliphatic hydroxyl groups excluding tert-OH is 1. The highest BCUT2D eigenvalue weighted by Crippen LogP contribution is 2.63. The van der Waals surface area contributed by atoms with E-state index in [1.54, 1.807) is 4.68 Å². The second kappa shape index (κ2) is 6.32. The SMILES string of the molecule is CC1(C)[C@@H]2CC[C@@]1(C)C(=NCCOCc1cn(CCO)nn1)C2. The molecule has 6 heteroatoms. The molecular weight excluding hydrogens is 292 g/mol. The first-order valence-electron chi connectivity index (χ1n) is 8.59. The van der Waals surface area contributed by atoms with Crippen LogP contribution >= 0.6 is 0 Å². The fourth-order valence-corrected chi connectivity index (χ4v) is 4.21. The fourth-order valence-electron chi connectivity index (χ4n) is 4.21. The second-order valence-corrected chi connectivity index (χ2v) is 7.57. The van der Waals surface area contributed by atoms with Gasteiger partial charge in [0.1, 0.15) is 5.69 Å². The number of hydrogen-bond donors (Lipinski definition) is 1. The summed E-state index contributed by atoms with van der Waals surface area (Å²) >= 11 is 0. The summed E-state index contributed by atoms with van der Waals surface area (Å²) in [6, 6.07) is 0. The second-order valence-electron chi connectivity index (χ2n) is 7.57. The van der Waals surface area contributed by atoms with Crippen LogP contribution in [0, 0.1) is 16.7 Å². The number of nitrogens with zero attached hydrogens (tertiary/aromatic N) is 4. The van der Waals surface area contributed by atoms with E-state index in [0.717, 1.165) is 18.2 Å². The molecule has 2 atom stereocenters. The van der Waals surface area contributed by atoms with Gasteiger partial charge in [-0.1, -0.05) is 26.0 Å². The molecule has 0 aromatic carbocycles. The van der Waals surface area contributed by atoms with E-state index in [0.29, 0.717) is 25.2 Å². The van der Waals surface area contributed by atoms with Gasteiger partial charge < -0.3 is 9.84 Å². The van der Waals surface area contributed by atoms with Crippen molar-refractivity contribution in [3.8, 4) is 0 Å². The van der Waals surface area contributed by atoms with Gasteiger partial charge in [-0.2, -0.15) is 0 Å². The minimum Gasteiger partial charge on any atom is -0.394 e. The topological polar surface area (TPSA) is 72.5 Å². The van der Waals surface area contributed by atoms with Gasteiger partial charge in [0.05, 0.1) is 39.1 Å². The normalized spacial score (nSPS) is 30.4. The van der Waals surface area contributed by atoms with Crippen LogP contribution in [0.5, 0.6) is 0 Å². The van der Waals surface area contributed by atoms with E-state index >= 15 is 0 Å². The average Bonchev–Trinajstić information content (AvgIpc) is 3.09. The lowest BCUT2D eigenvalue weighted by Crippen LogP contribution is -2.32. The number of rotatable bonds is 7. The monoisotopic (exact) mass is 320 g/mol. The molecule has 2 bridgehead atoms. The Morgan fingerprint density at radius 3 is 2.91 bits per heavy atom. The minimum absolute atomic E-state index is 0.0667. The maximum Gasteiger partial charge on any atom is 0.108 e. The molecule has 128 valence electrons. The zero-order valence-corrected chi connectivity index (χ0v) is 14.5. The van der Waals surface area contributed by atoms with Crippen LogP contribution in [-0.2, 0) is 17.9 Å². The number of ether oxygens (including phenoxy) is 1. The Labute approximate surface area is 137 Å². The van der Waals surface area contributed by atoms with Crippen LogP contribution in [0.25, 0.3) is 0 Å². The van der Waals surface area contributed by atoms with Crippen molar-refractivity contribution in [2.45, 2.75) is 53.2 Å². The molecule has 1 N–H and O–H groups in total. The van der Waals surface area contributed by atoms with Crippen molar-refractivity contribution in [1.29, 1.82) is 0 Å². The Hall–Kier alpha value is -1.27. The van der Waals surface area contributed by atoms with Gasteiger partial charge >= 0.3 is 0 Å². The first kappa shape index (κ1) is 16.6. The lowest BCUT2D eigenvalue weighted by Gasteiger charge is -2.34. The average molecular weight is 320 g/mol. The molecule has 2 saturated carbocycles. The minimum atomic E-state index is 0.0667. The standard InChI is InChI=1S/C17H28N4O2/c1-16(2)13-4-5-17(16,3)15(10-13)18-6-9-23-12-14-11-21(7-8-22)20-19-14/h11,13,22H,4-10,12H2,1-3H3/t13-,17+/m1/s1. The third kappa shape index (κ3) is 2.94. The smallest absolute Gasteiger partial charge is 0.108 e. The third-order valence-corrected chi connectivity index (χ3v) is 6.22. The summed E-state index contributed by atoms with van der Waals surface area (Å²) < 4.78 is 7.27. The number of aliphatic hydroxyl groups is 1. The molecule has 1 aromatic heterocycles. The van der Waals surface area contributed by atoms with Crippen molar-refractivity contribution in [2.75, 3.05) is 19.8 Å². The zero-order chi connectivity index (χ0) is 16.5. The van der Waals surface area contributed by atoms with E-state index in [2.05, 4.69) is 31.1 Å². The summed E-state index contributed by atoms with van der Waals surface area (Å²) in [6.45, 7) is 9.50. The number of aromatic nitrogens is 3. The fraction of sp³-hybridized carbons (Fsp3) is 0.824. The maximum absolute atomic E-state index is 8.85. The molecule has 6 nitrogen and oxygen atoms in total. The predicted molar refractivity (Wildman–Crippen MR) is 88.3 cm³/mol. The highest BCUT2D eigenvalue weighted by molar-refractivity contribution is 5.94. The first-order valence-corrected chi connectivity index (χ1v) is 8.59. The van der Waals surface area contributed by atoms with Crippen LogP contribution in [0.2, 0.25) is 0 Å². The molecule has 0 aliphatic heterocycles. The van der Waals surface area contributed by atoms with Crippen LogP contribution in [0.1, 0.15) is 45.7 Å². The predicted octanol–water partition coefficient (Wildman–Crippen LogP) is 2.07. The lowest BCUT2D eigenvalue weighted by molar-refractivity contribution is 0.125. The van der Waals surface area contributed by atoms with Gasteiger partial charge in [0.25, 0.3) is 0 Å². The van der Waals surface area contributed by atoms with E-state index in [1.807, 2.05) is 6.20 Å². The molecular formula is C17H28N4O2. The summed E-state index contributed by atoms with van der Waals surface area (Å²) in [7, 11) is 0. The molecule has 2 aliphatic carbocycles. The van der Waals surface area contributed by atoms with Gasteiger partial charge in [0.2, 0.25) is 0 Å². The molecule has 1 heterocycles. The summed E-state index contributed by atoms with van der Waals surface area (Å²) in [5.74, 6) is 0.800. The summed E-state index contributed by atoms with van der Waals surface area (Å²) in [6.07, 6.45) is 5.60. The molecule has 23 heavy (non-hydrogen) atoms. The van der Waals surface area contributed by atoms with Crippen LogP contribution < -0.4 is 0 Å². The van der Waals surface area contributed by atoms with Gasteiger partial charge in [-0.3, -0.25) is 4.99 Å². The Kier molecular flexibility index (Phi) is 4.56. The number of fused-ring (bicyclic) bond motifs is 2. The van der Waals surface area contributed by atoms with Crippen LogP contribution in [-0.4, -0.2) is 45.6 Å². The van der Waals surface area contributed by atoms with E-state index in [1.165, 1.54) is 25.0 Å². The van der Waals surface area contributed by atoms with Gasteiger partial charge in [0.15, 0.2) is 0 Å². The summed E-state index contributed by atoms with van der Waals surface area (Å²) in [5.41, 5.74) is 2.86. The van der Waals surface area contributed by atoms with Crippen LogP contribution in [0.3, 0.4) is 0 Å². The summed E-state index contributed by atoms with van der Waals surface area (Å²) in [4.78, 5) is 4.86. The third-order valence-electron chi connectivity index (χ3n) is 6.22. The van der Waals surface area contributed by atoms with Gasteiger partial charge in [-0.25, -0.2) is 4.68 Å². The maximum atomic E-state index is 8.85. The summed E-state index contributed by atoms with van der Waals surface area (Å²) in [5, 5.41) is 16.8. The van der Waals surface area contributed by atoms with E-state index < -0.39 is 0 Å². The molecule has 3 rings (SSSR count). The Balaban J connectivity index is 1.45. The van der Waals surface area contributed by atoms with Gasteiger partial charge in [-0.15, -0.1) is 5.10 Å². The molecule has 2 fully saturated rings. The van der Waals surface area contributed by atoms with Crippen molar-refractivity contribution in [2.24, 2.45) is 21.7 Å².